The number of oxime groups is 1. The van der Waals surface area contributed by atoms with Gasteiger partial charge in [-0.3, -0.25) is 0 Å². The van der Waals surface area contributed by atoms with Gasteiger partial charge < -0.3 is 0 Å². The molecule has 3 aliphatic rings. The number of allylic oxidation sites excluding steroid dienone is 6. The number of fused-ring (bicyclic) bond motifs is 1. The monoisotopic (exact) mass is 516 g/mol. The first kappa shape index (κ1) is 18.6. The summed E-state index contributed by atoms with van der Waals surface area (Å²) in [6, 6.07) is 2.46. The second-order valence-electron chi connectivity index (χ2n) is 7.11. The van der Waals surface area contributed by atoms with Gasteiger partial charge in [0.2, 0.25) is 0 Å². The third kappa shape index (κ3) is 3.43. The van der Waals surface area contributed by atoms with Crippen molar-refractivity contribution in [3.63, 3.8) is 0 Å². The average molecular weight is 516 g/mol. The van der Waals surface area contributed by atoms with Crippen LogP contribution in [0.4, 0.5) is 5.82 Å². The van der Waals surface area contributed by atoms with Crippen LogP contribution < -0.4 is 5.32 Å². The number of nitrogens with zero attached hydrogens (tertiary/aromatic N) is 3. The summed E-state index contributed by atoms with van der Waals surface area (Å²) < 4.78 is 0.770. The van der Waals surface area contributed by atoms with E-state index < -0.39 is 0 Å². The Morgan fingerprint density at radius 3 is 2.74 bits per heavy atom. The van der Waals surface area contributed by atoms with E-state index in [0.29, 0.717) is 17.2 Å². The van der Waals surface area contributed by atoms with E-state index >= 15 is 0 Å². The van der Waals surface area contributed by atoms with Crippen molar-refractivity contribution in [3.8, 4) is 6.07 Å². The summed E-state index contributed by atoms with van der Waals surface area (Å²) in [6.07, 6.45) is 14.5. The molecule has 1 aliphatic heterocycles. The minimum atomic E-state index is -0.301. The van der Waals surface area contributed by atoms with Crippen LogP contribution in [0.25, 0.3) is 0 Å². The molecule has 145 valence electrons. The Labute approximate surface area is 181 Å². The summed E-state index contributed by atoms with van der Waals surface area (Å²) >= 11 is 2.83. The van der Waals surface area contributed by atoms with E-state index in [-0.39, 0.29) is 5.92 Å². The fraction of sp³-hybridized carbons (Fsp3) is 0.400. The second kappa shape index (κ2) is 8.12. The molecule has 4 rings (SSSR count). The zero-order valence-corrected chi connectivity index (χ0v) is 16.6. The molecule has 1 fully saturated rings. The molecule has 0 bridgehead atoms. The van der Waals surface area contributed by atoms with Gasteiger partial charge in [-0.2, -0.15) is 0 Å². The van der Waals surface area contributed by atoms with Gasteiger partial charge in [0, 0.05) is 0 Å². The molecule has 0 saturated heterocycles. The van der Waals surface area contributed by atoms with Gasteiger partial charge in [-0.1, -0.05) is 0 Å². The number of nitrogens with one attached hydrogen (secondary N) is 2. The predicted molar refractivity (Wildman–Crippen MR) is 100 cm³/mol. The molecule has 2 heterocycles. The van der Waals surface area contributed by atoms with Crippen molar-refractivity contribution >= 4 is 13.2 Å². The molecule has 1 saturated carbocycles. The molecule has 1 unspecified atom stereocenters. The summed E-state index contributed by atoms with van der Waals surface area (Å²) in [5.41, 5.74) is 3.89. The van der Waals surface area contributed by atoms with Crippen molar-refractivity contribution in [2.45, 2.75) is 44.4 Å². The molecule has 27 heavy (non-hydrogen) atoms. The quantitative estimate of drug-likeness (QED) is 0.317. The molecule has 1 aromatic rings. The van der Waals surface area contributed by atoms with Crippen molar-refractivity contribution in [3.05, 3.63) is 46.8 Å². The molecule has 3 N–H and O–H groups in total. The minimum absolute atomic E-state index is 0.301. The first-order valence-corrected chi connectivity index (χ1v) is 10.2. The third-order valence-electron chi connectivity index (χ3n) is 5.59. The van der Waals surface area contributed by atoms with Gasteiger partial charge >= 0.3 is 182 Å². The summed E-state index contributed by atoms with van der Waals surface area (Å²) in [4.78, 5) is 0. The van der Waals surface area contributed by atoms with Gasteiger partial charge in [-0.25, -0.2) is 0 Å². The van der Waals surface area contributed by atoms with Crippen molar-refractivity contribution in [2.75, 3.05) is 5.32 Å². The van der Waals surface area contributed by atoms with Crippen molar-refractivity contribution < 1.29 is 39.6 Å². The van der Waals surface area contributed by atoms with E-state index in [1.54, 1.807) is 6.20 Å². The van der Waals surface area contributed by atoms with Crippen molar-refractivity contribution in [1.82, 2.24) is 10.2 Å². The number of hydrogen-bond acceptors (Lipinski definition) is 5. The Bertz CT molecular complexity index is 922. The summed E-state index contributed by atoms with van der Waals surface area (Å²) in [5.74, 6) is 0.867. The van der Waals surface area contributed by atoms with E-state index in [9.17, 15) is 10.5 Å². The van der Waals surface area contributed by atoms with Crippen LogP contribution in [-0.2, 0) is 0 Å². The maximum atomic E-state index is 10.1. The molecular formula is C20H21N5OTm. The SMILES string of the molecule is N#CC1=C(C2CCCCCC2)Nc2[nH]ncc2C1C1=CC=C[C](=[Tm])/C1=N\O. The molecule has 6 nitrogen and oxygen atoms in total. The van der Waals surface area contributed by atoms with E-state index in [1.807, 2.05) is 18.2 Å². The molecule has 1 atom stereocenters. The van der Waals surface area contributed by atoms with Crippen LogP contribution in [0, 0.1) is 51.7 Å². The fourth-order valence-corrected chi connectivity index (χ4v) is 4.82. The van der Waals surface area contributed by atoms with Crippen LogP contribution in [0.2, 0.25) is 0 Å². The zero-order valence-electron chi connectivity index (χ0n) is 14.8. The van der Waals surface area contributed by atoms with Gasteiger partial charge in [0.25, 0.3) is 0 Å². The number of aromatic amines is 1. The molecular weight excluding hydrogens is 495 g/mol. The van der Waals surface area contributed by atoms with Gasteiger partial charge in [-0.15, -0.1) is 0 Å². The van der Waals surface area contributed by atoms with Gasteiger partial charge in [0.1, 0.15) is 0 Å². The van der Waals surface area contributed by atoms with Crippen LogP contribution >= 0.6 is 0 Å². The summed E-state index contributed by atoms with van der Waals surface area (Å²) in [6.45, 7) is 0. The number of nitriles is 1. The molecule has 7 heteroatoms. The normalized spacial score (nSPS) is 24.9. The van der Waals surface area contributed by atoms with E-state index in [2.05, 4.69) is 61.2 Å². The van der Waals surface area contributed by atoms with Crippen LogP contribution in [0.5, 0.6) is 0 Å². The molecule has 0 spiro atoms. The Hall–Kier alpha value is -1.71. The Kier molecular flexibility index (Phi) is 5.61. The third-order valence-corrected chi connectivity index (χ3v) is 6.31. The number of aromatic nitrogens is 2. The Morgan fingerprint density at radius 2 is 2.04 bits per heavy atom. The summed E-state index contributed by atoms with van der Waals surface area (Å²) in [5, 5.41) is 33.9. The topological polar surface area (TPSA) is 97.1 Å². The van der Waals surface area contributed by atoms with E-state index in [1.165, 1.54) is 25.7 Å². The number of rotatable bonds is 2. The van der Waals surface area contributed by atoms with Crippen LogP contribution in [0.3, 0.4) is 0 Å². The number of anilines is 1. The van der Waals surface area contributed by atoms with Crippen LogP contribution in [0.1, 0.15) is 50.0 Å². The second-order valence-corrected chi connectivity index (χ2v) is 8.07. The number of H-pyrrole nitrogens is 1. The van der Waals surface area contributed by atoms with Gasteiger partial charge in [0.15, 0.2) is 0 Å². The van der Waals surface area contributed by atoms with Crippen molar-refractivity contribution in [2.24, 2.45) is 11.1 Å². The predicted octanol–water partition coefficient (Wildman–Crippen LogP) is 3.71. The van der Waals surface area contributed by atoms with Crippen LogP contribution in [-0.4, -0.2) is 22.8 Å². The van der Waals surface area contributed by atoms with Crippen molar-refractivity contribution in [1.29, 1.82) is 5.26 Å². The summed E-state index contributed by atoms with van der Waals surface area (Å²) in [7, 11) is 0. The molecule has 0 aromatic carbocycles. The Balaban J connectivity index is 1.85. The fourth-order valence-electron chi connectivity index (χ4n) is 4.31. The van der Waals surface area contributed by atoms with Gasteiger partial charge in [-0.05, 0) is 0 Å². The first-order chi connectivity index (χ1) is 13.2. The molecule has 0 amide bonds. The van der Waals surface area contributed by atoms with E-state index in [4.69, 9.17) is 0 Å². The van der Waals surface area contributed by atoms with Crippen LogP contribution in [0.15, 0.2) is 46.4 Å². The number of hydrogen-bond donors (Lipinski definition) is 3. The average Bonchev–Trinajstić information content (AvgIpc) is 2.98. The molecule has 1 aromatic heterocycles. The Morgan fingerprint density at radius 1 is 1.26 bits per heavy atom. The maximum absolute atomic E-state index is 10.1. The van der Waals surface area contributed by atoms with E-state index in [0.717, 1.165) is 37.2 Å². The standard InChI is InChI=1S/C20H21N5O.Tm/c21-11-15-18(14-9-5-6-10-17(14)25-26)16-12-22-24-20(16)23-19(15)13-7-3-1-2-4-8-13;/h5-6,9,12-13,18,26H,1-4,7-8H2,(H2,22,23,24);/b25-17+;. The molecule has 2 aliphatic carbocycles. The first-order valence-electron chi connectivity index (χ1n) is 9.27. The zero-order chi connectivity index (χ0) is 18.8. The molecule has 0 radical (unpaired) electrons. The van der Waals surface area contributed by atoms with Gasteiger partial charge in [0.05, 0.1) is 0 Å².